The molecule has 0 aromatic heterocycles. The van der Waals surface area contributed by atoms with Gasteiger partial charge in [-0.05, 0) is 48.6 Å². The van der Waals surface area contributed by atoms with Crippen LogP contribution in [0.3, 0.4) is 0 Å². The smallest absolute Gasteiger partial charge is 0.253 e. The lowest BCUT2D eigenvalue weighted by atomic mass is 9.98. The van der Waals surface area contributed by atoms with E-state index in [0.717, 1.165) is 22.7 Å². The number of piperidine rings is 1. The van der Waals surface area contributed by atoms with Crippen molar-refractivity contribution in [3.05, 3.63) is 65.7 Å². The van der Waals surface area contributed by atoms with E-state index in [1.165, 1.54) is 26.2 Å². The van der Waals surface area contributed by atoms with Crippen LogP contribution in [-0.4, -0.2) is 57.3 Å². The molecule has 0 aliphatic carbocycles. The summed E-state index contributed by atoms with van der Waals surface area (Å²) in [5.41, 5.74) is 1.65. The molecule has 156 valence electrons. The summed E-state index contributed by atoms with van der Waals surface area (Å²) in [6, 6.07) is 16.2. The lowest BCUT2D eigenvalue weighted by Crippen LogP contribution is -2.41. The number of hydrogen-bond acceptors (Lipinski definition) is 4. The molecule has 1 fully saturated rings. The van der Waals surface area contributed by atoms with Gasteiger partial charge in [-0.2, -0.15) is 0 Å². The molecule has 0 saturated carbocycles. The molecule has 3 rings (SSSR count). The summed E-state index contributed by atoms with van der Waals surface area (Å²) in [5, 5.41) is 0. The maximum Gasteiger partial charge on any atom is 0.253 e. The molecule has 0 spiro atoms. The number of carbonyl (C=O) groups is 1. The highest BCUT2D eigenvalue weighted by molar-refractivity contribution is 7.89. The quantitative estimate of drug-likeness (QED) is 0.696. The summed E-state index contributed by atoms with van der Waals surface area (Å²) in [5.74, 6) is 0.247. The van der Waals surface area contributed by atoms with Gasteiger partial charge in [0.15, 0.2) is 0 Å². The summed E-state index contributed by atoms with van der Waals surface area (Å²) in [6.45, 7) is 2.57. The maximum atomic E-state index is 12.9. The Labute approximate surface area is 173 Å². The number of carbonyl (C=O) groups excluding carboxylic acids is 1. The Kier molecular flexibility index (Phi) is 7.05. The second-order valence-electron chi connectivity index (χ2n) is 7.57. The third-order valence-electron chi connectivity index (χ3n) is 5.15. The summed E-state index contributed by atoms with van der Waals surface area (Å²) in [4.78, 5) is 14.9. The molecule has 0 bridgehead atoms. The normalized spacial score (nSPS) is 17.5. The van der Waals surface area contributed by atoms with Crippen LogP contribution in [0.4, 0.5) is 0 Å². The Hall–Kier alpha value is -2.22. The third-order valence-corrected chi connectivity index (χ3v) is 6.98. The van der Waals surface area contributed by atoms with Gasteiger partial charge in [0.1, 0.15) is 0 Å². The van der Waals surface area contributed by atoms with E-state index in [9.17, 15) is 13.2 Å². The first kappa shape index (κ1) is 21.5. The van der Waals surface area contributed by atoms with E-state index in [1.54, 1.807) is 12.1 Å². The van der Waals surface area contributed by atoms with E-state index in [4.69, 9.17) is 4.74 Å². The summed E-state index contributed by atoms with van der Waals surface area (Å²) < 4.78 is 31.4. The van der Waals surface area contributed by atoms with Crippen molar-refractivity contribution in [1.82, 2.24) is 9.21 Å². The Morgan fingerprint density at radius 3 is 2.45 bits per heavy atom. The first-order valence-electron chi connectivity index (χ1n) is 9.81. The average Bonchev–Trinajstić information content (AvgIpc) is 2.74. The minimum absolute atomic E-state index is 0.0634. The summed E-state index contributed by atoms with van der Waals surface area (Å²) >= 11 is 0. The minimum atomic E-state index is -3.49. The van der Waals surface area contributed by atoms with Gasteiger partial charge in [-0.1, -0.05) is 30.3 Å². The maximum absolute atomic E-state index is 12.9. The van der Waals surface area contributed by atoms with Crippen LogP contribution in [0.5, 0.6) is 0 Å². The number of hydrogen-bond donors (Lipinski definition) is 0. The van der Waals surface area contributed by atoms with Gasteiger partial charge in [0.05, 0.1) is 18.1 Å². The lowest BCUT2D eigenvalue weighted by molar-refractivity contribution is 0.0425. The van der Waals surface area contributed by atoms with Gasteiger partial charge in [0.25, 0.3) is 5.91 Å². The highest BCUT2D eigenvalue weighted by atomic mass is 32.2. The number of likely N-dealkylation sites (tertiary alicyclic amines) is 1. The van der Waals surface area contributed by atoms with Crippen LogP contribution in [0.15, 0.2) is 59.5 Å². The van der Waals surface area contributed by atoms with E-state index in [2.05, 4.69) is 0 Å². The molecular weight excluding hydrogens is 388 g/mol. The van der Waals surface area contributed by atoms with E-state index in [0.29, 0.717) is 37.8 Å². The van der Waals surface area contributed by atoms with Crippen LogP contribution in [-0.2, 0) is 21.4 Å². The van der Waals surface area contributed by atoms with E-state index in [-0.39, 0.29) is 10.8 Å². The van der Waals surface area contributed by atoms with Crippen LogP contribution in [0, 0.1) is 5.92 Å². The Bertz CT molecular complexity index is 912. The van der Waals surface area contributed by atoms with Crippen molar-refractivity contribution in [2.45, 2.75) is 24.3 Å². The molecule has 1 aliphatic rings. The van der Waals surface area contributed by atoms with Gasteiger partial charge in [0, 0.05) is 32.7 Å². The minimum Gasteiger partial charge on any atom is -0.376 e. The molecule has 1 saturated heterocycles. The zero-order chi connectivity index (χ0) is 20.9. The van der Waals surface area contributed by atoms with Crippen LogP contribution in [0.2, 0.25) is 0 Å². The number of nitrogens with zero attached hydrogens (tertiary/aromatic N) is 2. The summed E-state index contributed by atoms with van der Waals surface area (Å²) in [6.07, 6.45) is 1.98. The highest BCUT2D eigenvalue weighted by Gasteiger charge is 2.25. The van der Waals surface area contributed by atoms with Crippen LogP contribution < -0.4 is 0 Å². The molecule has 2 aromatic carbocycles. The molecule has 6 nitrogen and oxygen atoms in total. The molecular formula is C22H28N2O4S. The third kappa shape index (κ3) is 5.44. The van der Waals surface area contributed by atoms with Crippen molar-refractivity contribution in [1.29, 1.82) is 0 Å². The standard InChI is InChI=1S/C22H28N2O4S/c1-23(2)29(26,27)21-12-10-20(11-13-21)22(25)24-14-6-9-19(15-24)17-28-16-18-7-4-3-5-8-18/h3-5,7-8,10-13,19H,6,9,14-17H2,1-2H3/t19-/m1/s1. The van der Waals surface area contributed by atoms with Crippen molar-refractivity contribution in [2.75, 3.05) is 33.8 Å². The topological polar surface area (TPSA) is 66.9 Å². The molecule has 1 heterocycles. The molecule has 1 amide bonds. The monoisotopic (exact) mass is 416 g/mol. The number of amides is 1. The number of sulfonamides is 1. The molecule has 0 radical (unpaired) electrons. The average molecular weight is 417 g/mol. The Morgan fingerprint density at radius 2 is 1.79 bits per heavy atom. The fourth-order valence-electron chi connectivity index (χ4n) is 3.47. The number of ether oxygens (including phenoxy) is 1. The van der Waals surface area contributed by atoms with Crippen molar-refractivity contribution in [2.24, 2.45) is 5.92 Å². The zero-order valence-electron chi connectivity index (χ0n) is 17.0. The number of rotatable bonds is 7. The van der Waals surface area contributed by atoms with Crippen LogP contribution in [0.1, 0.15) is 28.8 Å². The van der Waals surface area contributed by atoms with E-state index < -0.39 is 10.0 Å². The van der Waals surface area contributed by atoms with E-state index >= 15 is 0 Å². The molecule has 0 unspecified atom stereocenters. The highest BCUT2D eigenvalue weighted by Crippen LogP contribution is 2.21. The zero-order valence-corrected chi connectivity index (χ0v) is 17.8. The molecule has 29 heavy (non-hydrogen) atoms. The van der Waals surface area contributed by atoms with Gasteiger partial charge in [-0.3, -0.25) is 4.79 Å². The first-order chi connectivity index (χ1) is 13.9. The van der Waals surface area contributed by atoms with Gasteiger partial charge in [-0.15, -0.1) is 0 Å². The van der Waals surface area contributed by atoms with Crippen molar-refractivity contribution in [3.8, 4) is 0 Å². The predicted molar refractivity (Wildman–Crippen MR) is 112 cm³/mol. The fraction of sp³-hybridized carbons (Fsp3) is 0.409. The number of benzene rings is 2. The molecule has 1 atom stereocenters. The summed E-state index contributed by atoms with van der Waals surface area (Å²) in [7, 11) is -0.518. The van der Waals surface area contributed by atoms with Crippen molar-refractivity contribution in [3.63, 3.8) is 0 Å². The van der Waals surface area contributed by atoms with Crippen LogP contribution >= 0.6 is 0 Å². The molecule has 2 aromatic rings. The Morgan fingerprint density at radius 1 is 1.10 bits per heavy atom. The van der Waals surface area contributed by atoms with Crippen molar-refractivity contribution >= 4 is 15.9 Å². The second kappa shape index (κ2) is 9.52. The van der Waals surface area contributed by atoms with Gasteiger partial charge in [-0.25, -0.2) is 12.7 Å². The second-order valence-corrected chi connectivity index (χ2v) is 9.72. The molecule has 0 N–H and O–H groups in total. The SMILES string of the molecule is CN(C)S(=O)(=O)c1ccc(C(=O)N2CCC[C@@H](COCc3ccccc3)C2)cc1. The van der Waals surface area contributed by atoms with Gasteiger partial charge < -0.3 is 9.64 Å². The van der Waals surface area contributed by atoms with Gasteiger partial charge in [0.2, 0.25) is 10.0 Å². The van der Waals surface area contributed by atoms with Gasteiger partial charge >= 0.3 is 0 Å². The van der Waals surface area contributed by atoms with E-state index in [1.807, 2.05) is 35.2 Å². The Balaban J connectivity index is 1.56. The predicted octanol–water partition coefficient (Wildman–Crippen LogP) is 3.01. The molecule has 7 heteroatoms. The largest absolute Gasteiger partial charge is 0.376 e. The fourth-order valence-corrected chi connectivity index (χ4v) is 4.37. The lowest BCUT2D eigenvalue weighted by Gasteiger charge is -2.32. The first-order valence-corrected chi connectivity index (χ1v) is 11.3. The molecule has 1 aliphatic heterocycles. The van der Waals surface area contributed by atoms with Crippen LogP contribution in [0.25, 0.3) is 0 Å². The van der Waals surface area contributed by atoms with Crippen molar-refractivity contribution < 1.29 is 17.9 Å².